The van der Waals surface area contributed by atoms with Crippen LogP contribution in [0.25, 0.3) is 0 Å². The van der Waals surface area contributed by atoms with Gasteiger partial charge in [0, 0.05) is 18.1 Å². The zero-order chi connectivity index (χ0) is 17.4. The van der Waals surface area contributed by atoms with E-state index in [1.807, 2.05) is 32.6 Å². The van der Waals surface area contributed by atoms with E-state index in [2.05, 4.69) is 12.2 Å². The fourth-order valence-electron chi connectivity index (χ4n) is 3.88. The minimum Gasteiger partial charge on any atom is -0.480 e. The first kappa shape index (κ1) is 18.0. The zero-order valence-electron chi connectivity index (χ0n) is 14.8. The summed E-state index contributed by atoms with van der Waals surface area (Å²) in [7, 11) is 0. The highest BCUT2D eigenvalue weighted by Crippen LogP contribution is 2.40. The smallest absolute Gasteiger partial charge is 0.410 e. The van der Waals surface area contributed by atoms with Crippen molar-refractivity contribution in [2.24, 2.45) is 5.92 Å². The number of carboxylic acids is 1. The average Bonchev–Trinajstić information content (AvgIpc) is 2.77. The Balaban J connectivity index is 2.06. The second-order valence-corrected chi connectivity index (χ2v) is 7.85. The molecule has 2 fully saturated rings. The molecule has 6 heteroatoms. The molecule has 0 saturated carbocycles. The van der Waals surface area contributed by atoms with Gasteiger partial charge >= 0.3 is 12.1 Å². The molecule has 1 amide bonds. The molecule has 23 heavy (non-hydrogen) atoms. The van der Waals surface area contributed by atoms with Crippen LogP contribution in [-0.4, -0.2) is 51.8 Å². The summed E-state index contributed by atoms with van der Waals surface area (Å²) in [6.45, 7) is 9.62. The molecule has 0 aromatic carbocycles. The largest absolute Gasteiger partial charge is 0.480 e. The van der Waals surface area contributed by atoms with Crippen molar-refractivity contribution in [2.45, 2.75) is 90.1 Å². The van der Waals surface area contributed by atoms with E-state index in [0.717, 1.165) is 19.3 Å². The van der Waals surface area contributed by atoms with Crippen molar-refractivity contribution in [2.75, 3.05) is 0 Å². The van der Waals surface area contributed by atoms with Crippen LogP contribution in [0.1, 0.15) is 60.3 Å². The predicted octanol–water partition coefficient (Wildman–Crippen LogP) is 2.62. The maximum atomic E-state index is 12.5. The molecular weight excluding hydrogens is 296 g/mol. The second-order valence-electron chi connectivity index (χ2n) is 7.85. The molecule has 5 atom stereocenters. The fraction of sp³-hybridized carbons (Fsp3) is 0.882. The number of carbonyl (C=O) groups is 2. The molecule has 2 aliphatic rings. The summed E-state index contributed by atoms with van der Waals surface area (Å²) >= 11 is 0. The Morgan fingerprint density at radius 3 is 2.52 bits per heavy atom. The summed E-state index contributed by atoms with van der Waals surface area (Å²) in [4.78, 5) is 25.7. The number of piperidine rings is 1. The predicted molar refractivity (Wildman–Crippen MR) is 87.3 cm³/mol. The van der Waals surface area contributed by atoms with E-state index >= 15 is 0 Å². The number of aliphatic carboxylic acids is 1. The van der Waals surface area contributed by atoms with Gasteiger partial charge in [-0.2, -0.15) is 0 Å². The maximum Gasteiger partial charge on any atom is 0.410 e. The van der Waals surface area contributed by atoms with E-state index in [4.69, 9.17) is 4.74 Å². The van der Waals surface area contributed by atoms with Gasteiger partial charge in [-0.1, -0.05) is 13.8 Å². The number of nitrogens with zero attached hydrogens (tertiary/aromatic N) is 1. The first-order chi connectivity index (χ1) is 10.6. The highest BCUT2D eigenvalue weighted by atomic mass is 16.6. The number of fused-ring (bicyclic) bond motifs is 2. The van der Waals surface area contributed by atoms with E-state index in [1.165, 1.54) is 0 Å². The third-order valence-corrected chi connectivity index (χ3v) is 5.04. The Labute approximate surface area is 138 Å². The Bertz CT molecular complexity index is 460. The van der Waals surface area contributed by atoms with Crippen molar-refractivity contribution < 1.29 is 19.4 Å². The van der Waals surface area contributed by atoms with Gasteiger partial charge in [-0.15, -0.1) is 0 Å². The number of carboxylic acid groups (broad SMARTS) is 1. The molecule has 0 aromatic heterocycles. The Hall–Kier alpha value is -1.30. The summed E-state index contributed by atoms with van der Waals surface area (Å²) in [6.07, 6.45) is 3.05. The molecule has 0 radical (unpaired) electrons. The van der Waals surface area contributed by atoms with Gasteiger partial charge in [-0.3, -0.25) is 4.79 Å². The molecule has 2 N–H and O–H groups in total. The molecule has 0 aromatic rings. The first-order valence-corrected chi connectivity index (χ1v) is 8.64. The number of ether oxygens (including phenoxy) is 1. The van der Waals surface area contributed by atoms with Crippen LogP contribution in [0, 0.1) is 5.92 Å². The number of hydrogen-bond acceptors (Lipinski definition) is 4. The zero-order valence-corrected chi connectivity index (χ0v) is 14.8. The van der Waals surface area contributed by atoms with E-state index in [-0.39, 0.29) is 30.1 Å². The number of carbonyl (C=O) groups excluding carboxylic acids is 1. The molecular formula is C17H30N2O4. The van der Waals surface area contributed by atoms with Gasteiger partial charge in [0.25, 0.3) is 0 Å². The minimum absolute atomic E-state index is 0.132. The van der Waals surface area contributed by atoms with Crippen LogP contribution in [0.5, 0.6) is 0 Å². The number of rotatable bonds is 4. The van der Waals surface area contributed by atoms with Gasteiger partial charge in [0.05, 0.1) is 0 Å². The van der Waals surface area contributed by atoms with Crippen molar-refractivity contribution in [3.63, 3.8) is 0 Å². The minimum atomic E-state index is -0.804. The van der Waals surface area contributed by atoms with Crippen LogP contribution in [0.3, 0.4) is 0 Å². The van der Waals surface area contributed by atoms with Gasteiger partial charge in [0.1, 0.15) is 11.6 Å². The number of hydrogen-bond donors (Lipinski definition) is 2. The standard InChI is InChI=1S/C17H30N2O4/c1-6-12(15(20)21)18-13-9-11-7-8-14(10(13)2)19(11)16(22)23-17(3,4)5/h10-14,18H,6-9H2,1-5H3,(H,20,21). The summed E-state index contributed by atoms with van der Waals surface area (Å²) in [5.74, 6) is -0.587. The average molecular weight is 326 g/mol. The lowest BCUT2D eigenvalue weighted by Crippen LogP contribution is -2.59. The first-order valence-electron chi connectivity index (χ1n) is 8.64. The highest BCUT2D eigenvalue weighted by Gasteiger charge is 2.49. The highest BCUT2D eigenvalue weighted by molar-refractivity contribution is 5.73. The quantitative estimate of drug-likeness (QED) is 0.830. The van der Waals surface area contributed by atoms with Crippen molar-refractivity contribution in [3.05, 3.63) is 0 Å². The van der Waals surface area contributed by atoms with Gasteiger partial charge in [-0.25, -0.2) is 4.79 Å². The third-order valence-electron chi connectivity index (χ3n) is 5.04. The number of amides is 1. The molecule has 2 bridgehead atoms. The number of nitrogens with one attached hydrogen (secondary N) is 1. The van der Waals surface area contributed by atoms with Crippen LogP contribution in [0.2, 0.25) is 0 Å². The molecule has 5 unspecified atom stereocenters. The van der Waals surface area contributed by atoms with Crippen LogP contribution >= 0.6 is 0 Å². The van der Waals surface area contributed by atoms with Crippen LogP contribution < -0.4 is 5.32 Å². The Morgan fingerprint density at radius 2 is 2.00 bits per heavy atom. The van der Waals surface area contributed by atoms with Crippen molar-refractivity contribution in [1.82, 2.24) is 10.2 Å². The summed E-state index contributed by atoms with van der Waals surface area (Å²) in [5.41, 5.74) is -0.495. The van der Waals surface area contributed by atoms with E-state index in [0.29, 0.717) is 6.42 Å². The lowest BCUT2D eigenvalue weighted by molar-refractivity contribution is -0.140. The Morgan fingerprint density at radius 1 is 1.35 bits per heavy atom. The van der Waals surface area contributed by atoms with E-state index in [1.54, 1.807) is 0 Å². The second kappa shape index (κ2) is 6.67. The molecule has 0 spiro atoms. The fourth-order valence-corrected chi connectivity index (χ4v) is 3.88. The molecule has 132 valence electrons. The topological polar surface area (TPSA) is 78.9 Å². The Kier molecular flexibility index (Phi) is 5.23. The SMILES string of the molecule is CCC(NC1CC2CCC(C1C)N2C(=O)OC(C)(C)C)C(=O)O. The van der Waals surface area contributed by atoms with Gasteiger partial charge in [0.2, 0.25) is 0 Å². The molecule has 0 aliphatic carbocycles. The third kappa shape index (κ3) is 3.97. The molecule has 2 saturated heterocycles. The van der Waals surface area contributed by atoms with Gasteiger partial charge < -0.3 is 20.1 Å². The molecule has 6 nitrogen and oxygen atoms in total. The molecule has 2 heterocycles. The lowest BCUT2D eigenvalue weighted by Gasteiger charge is -2.44. The molecule has 2 aliphatic heterocycles. The lowest BCUT2D eigenvalue weighted by atomic mass is 9.86. The van der Waals surface area contributed by atoms with Crippen LogP contribution in [-0.2, 0) is 9.53 Å². The monoisotopic (exact) mass is 326 g/mol. The summed E-state index contributed by atoms with van der Waals surface area (Å²) in [6, 6.07) is -0.107. The summed E-state index contributed by atoms with van der Waals surface area (Å²) < 4.78 is 5.55. The van der Waals surface area contributed by atoms with Crippen molar-refractivity contribution in [3.8, 4) is 0 Å². The van der Waals surface area contributed by atoms with Crippen molar-refractivity contribution >= 4 is 12.1 Å². The van der Waals surface area contributed by atoms with Crippen LogP contribution in [0.4, 0.5) is 4.79 Å². The summed E-state index contributed by atoms with van der Waals surface area (Å²) in [5, 5.41) is 12.5. The normalized spacial score (nSPS) is 31.8. The van der Waals surface area contributed by atoms with Crippen molar-refractivity contribution in [1.29, 1.82) is 0 Å². The van der Waals surface area contributed by atoms with E-state index in [9.17, 15) is 14.7 Å². The van der Waals surface area contributed by atoms with E-state index < -0.39 is 17.6 Å². The molecule has 2 rings (SSSR count). The van der Waals surface area contributed by atoms with Crippen LogP contribution in [0.15, 0.2) is 0 Å². The van der Waals surface area contributed by atoms with Gasteiger partial charge in [0.15, 0.2) is 0 Å². The van der Waals surface area contributed by atoms with Gasteiger partial charge in [-0.05, 0) is 52.4 Å². The maximum absolute atomic E-state index is 12.5.